The minimum Gasteiger partial charge on any atom is -0.339 e. The summed E-state index contributed by atoms with van der Waals surface area (Å²) in [5.74, 6) is 1.34. The third kappa shape index (κ3) is 3.32. The average molecular weight is 285 g/mol. The molecule has 4 heteroatoms. The van der Waals surface area contributed by atoms with Crippen LogP contribution in [0.15, 0.2) is 28.8 Å². The summed E-state index contributed by atoms with van der Waals surface area (Å²) in [5.41, 5.74) is 8.56. The van der Waals surface area contributed by atoms with Crippen molar-refractivity contribution in [3.05, 3.63) is 47.1 Å². The molecule has 112 valence electrons. The smallest absolute Gasteiger partial charge is 0.231 e. The molecule has 1 saturated carbocycles. The zero-order chi connectivity index (χ0) is 14.7. The Hall–Kier alpha value is -1.68. The number of hydrogen-bond acceptors (Lipinski definition) is 4. The molecule has 1 aromatic heterocycles. The van der Waals surface area contributed by atoms with E-state index in [0.717, 1.165) is 25.7 Å². The Balaban J connectivity index is 1.74. The number of nitrogens with two attached hydrogens (primary N) is 1. The van der Waals surface area contributed by atoms with Crippen LogP contribution in [0.1, 0.15) is 61.4 Å². The van der Waals surface area contributed by atoms with Crippen molar-refractivity contribution >= 4 is 0 Å². The number of nitrogens with zero attached hydrogens (tertiary/aromatic N) is 2. The van der Waals surface area contributed by atoms with Gasteiger partial charge in [0.2, 0.25) is 5.89 Å². The number of rotatable bonds is 3. The lowest BCUT2D eigenvalue weighted by Crippen LogP contribution is -2.37. The first kappa shape index (κ1) is 14.3. The summed E-state index contributed by atoms with van der Waals surface area (Å²) in [5, 5.41) is 4.16. The fourth-order valence-electron chi connectivity index (χ4n) is 2.99. The highest BCUT2D eigenvalue weighted by Crippen LogP contribution is 2.32. The maximum absolute atomic E-state index is 6.52. The Morgan fingerprint density at radius 1 is 1.10 bits per heavy atom. The highest BCUT2D eigenvalue weighted by atomic mass is 16.5. The van der Waals surface area contributed by atoms with Crippen LogP contribution in [0.5, 0.6) is 0 Å². The van der Waals surface area contributed by atoms with Gasteiger partial charge in [0.15, 0.2) is 5.82 Å². The first-order valence-corrected chi connectivity index (χ1v) is 7.83. The van der Waals surface area contributed by atoms with Gasteiger partial charge in [0.05, 0.1) is 12.0 Å². The van der Waals surface area contributed by atoms with E-state index in [4.69, 9.17) is 10.3 Å². The quantitative estimate of drug-likeness (QED) is 0.877. The third-order valence-corrected chi connectivity index (χ3v) is 4.39. The molecule has 0 spiro atoms. The SMILES string of the molecule is Cc1ccc(Cc2nc(C3(N)CCCCCC3)no2)cc1. The van der Waals surface area contributed by atoms with Crippen molar-refractivity contribution in [1.82, 2.24) is 10.1 Å². The van der Waals surface area contributed by atoms with Crippen LogP contribution in [-0.4, -0.2) is 10.1 Å². The van der Waals surface area contributed by atoms with Crippen molar-refractivity contribution in [2.75, 3.05) is 0 Å². The van der Waals surface area contributed by atoms with E-state index in [1.807, 2.05) is 0 Å². The molecule has 1 aromatic carbocycles. The summed E-state index contributed by atoms with van der Waals surface area (Å²) in [7, 11) is 0. The van der Waals surface area contributed by atoms with Gasteiger partial charge in [-0.1, -0.05) is 60.7 Å². The van der Waals surface area contributed by atoms with Gasteiger partial charge in [-0.2, -0.15) is 4.98 Å². The molecule has 0 aliphatic heterocycles. The molecule has 2 aromatic rings. The lowest BCUT2D eigenvalue weighted by atomic mass is 9.91. The average Bonchev–Trinajstić information content (AvgIpc) is 2.84. The van der Waals surface area contributed by atoms with Gasteiger partial charge < -0.3 is 10.3 Å². The van der Waals surface area contributed by atoms with E-state index in [-0.39, 0.29) is 0 Å². The lowest BCUT2D eigenvalue weighted by molar-refractivity contribution is 0.326. The van der Waals surface area contributed by atoms with Gasteiger partial charge in [0, 0.05) is 0 Å². The van der Waals surface area contributed by atoms with Crippen LogP contribution in [0.25, 0.3) is 0 Å². The van der Waals surface area contributed by atoms with Gasteiger partial charge in [-0.15, -0.1) is 0 Å². The van der Waals surface area contributed by atoms with E-state index < -0.39 is 5.54 Å². The predicted octanol–water partition coefficient (Wildman–Crippen LogP) is 3.48. The summed E-state index contributed by atoms with van der Waals surface area (Å²) in [6.45, 7) is 2.08. The van der Waals surface area contributed by atoms with Crippen molar-refractivity contribution in [3.63, 3.8) is 0 Å². The molecular weight excluding hydrogens is 262 g/mol. The van der Waals surface area contributed by atoms with E-state index in [1.165, 1.54) is 24.0 Å². The van der Waals surface area contributed by atoms with Crippen molar-refractivity contribution in [1.29, 1.82) is 0 Å². The molecule has 0 radical (unpaired) electrons. The molecule has 21 heavy (non-hydrogen) atoms. The second kappa shape index (κ2) is 5.98. The van der Waals surface area contributed by atoms with Crippen LogP contribution in [0.3, 0.4) is 0 Å². The molecular formula is C17H23N3O. The Labute approximate surface area is 125 Å². The van der Waals surface area contributed by atoms with Crippen LogP contribution in [0.2, 0.25) is 0 Å². The maximum atomic E-state index is 6.52. The lowest BCUT2D eigenvalue weighted by Gasteiger charge is -2.23. The molecule has 4 nitrogen and oxygen atoms in total. The van der Waals surface area contributed by atoms with E-state index in [1.54, 1.807) is 0 Å². The van der Waals surface area contributed by atoms with E-state index in [2.05, 4.69) is 41.3 Å². The van der Waals surface area contributed by atoms with Crippen molar-refractivity contribution in [2.45, 2.75) is 57.4 Å². The molecule has 2 N–H and O–H groups in total. The molecule has 0 unspecified atom stereocenters. The topological polar surface area (TPSA) is 64.9 Å². The minimum atomic E-state index is -0.397. The third-order valence-electron chi connectivity index (χ3n) is 4.39. The number of hydrogen-bond donors (Lipinski definition) is 1. The Morgan fingerprint density at radius 3 is 2.43 bits per heavy atom. The summed E-state index contributed by atoms with van der Waals surface area (Å²) in [6.07, 6.45) is 7.40. The van der Waals surface area contributed by atoms with Crippen LogP contribution >= 0.6 is 0 Å². The van der Waals surface area contributed by atoms with Crippen LogP contribution in [-0.2, 0) is 12.0 Å². The van der Waals surface area contributed by atoms with Gasteiger partial charge in [0.25, 0.3) is 0 Å². The van der Waals surface area contributed by atoms with Gasteiger partial charge in [-0.05, 0) is 25.3 Å². The first-order valence-electron chi connectivity index (χ1n) is 7.83. The first-order chi connectivity index (χ1) is 10.2. The van der Waals surface area contributed by atoms with Gasteiger partial charge >= 0.3 is 0 Å². The van der Waals surface area contributed by atoms with Gasteiger partial charge in [-0.3, -0.25) is 0 Å². The standard InChI is InChI=1S/C17H23N3O/c1-13-6-8-14(9-7-13)12-15-19-16(20-21-15)17(18)10-4-2-3-5-11-17/h6-9H,2-5,10-12,18H2,1H3. The number of aryl methyl sites for hydroxylation is 1. The zero-order valence-corrected chi connectivity index (χ0v) is 12.6. The van der Waals surface area contributed by atoms with Gasteiger partial charge in [-0.25, -0.2) is 0 Å². The summed E-state index contributed by atoms with van der Waals surface area (Å²) < 4.78 is 5.42. The zero-order valence-electron chi connectivity index (χ0n) is 12.6. The van der Waals surface area contributed by atoms with Crippen molar-refractivity contribution in [3.8, 4) is 0 Å². The summed E-state index contributed by atoms with van der Waals surface area (Å²) in [6, 6.07) is 8.40. The molecule has 1 heterocycles. The highest BCUT2D eigenvalue weighted by Gasteiger charge is 2.33. The predicted molar refractivity (Wildman–Crippen MR) is 81.9 cm³/mol. The Kier molecular flexibility index (Phi) is 4.06. The molecule has 0 bridgehead atoms. The maximum Gasteiger partial charge on any atom is 0.231 e. The van der Waals surface area contributed by atoms with E-state index in [0.29, 0.717) is 18.1 Å². The highest BCUT2D eigenvalue weighted by molar-refractivity contribution is 5.23. The molecule has 0 atom stereocenters. The Bertz CT molecular complexity index is 580. The molecule has 1 aliphatic carbocycles. The second-order valence-electron chi connectivity index (χ2n) is 6.24. The molecule has 1 fully saturated rings. The van der Waals surface area contributed by atoms with Crippen LogP contribution in [0, 0.1) is 6.92 Å². The summed E-state index contributed by atoms with van der Waals surface area (Å²) >= 11 is 0. The minimum absolute atomic E-state index is 0.397. The molecule has 0 amide bonds. The molecule has 0 saturated heterocycles. The molecule has 3 rings (SSSR count). The largest absolute Gasteiger partial charge is 0.339 e. The van der Waals surface area contributed by atoms with Crippen molar-refractivity contribution < 1.29 is 4.52 Å². The summed E-state index contributed by atoms with van der Waals surface area (Å²) in [4.78, 5) is 4.56. The number of benzene rings is 1. The number of aromatic nitrogens is 2. The molecule has 1 aliphatic rings. The van der Waals surface area contributed by atoms with E-state index in [9.17, 15) is 0 Å². The fourth-order valence-corrected chi connectivity index (χ4v) is 2.99. The van der Waals surface area contributed by atoms with Crippen LogP contribution < -0.4 is 5.73 Å². The van der Waals surface area contributed by atoms with Crippen LogP contribution in [0.4, 0.5) is 0 Å². The Morgan fingerprint density at radius 2 is 1.76 bits per heavy atom. The second-order valence-corrected chi connectivity index (χ2v) is 6.24. The monoisotopic (exact) mass is 285 g/mol. The van der Waals surface area contributed by atoms with Gasteiger partial charge in [0.1, 0.15) is 0 Å². The normalized spacial score (nSPS) is 18.4. The van der Waals surface area contributed by atoms with Crippen molar-refractivity contribution in [2.24, 2.45) is 5.73 Å². The van der Waals surface area contributed by atoms with E-state index >= 15 is 0 Å². The fraction of sp³-hybridized carbons (Fsp3) is 0.529.